The summed E-state index contributed by atoms with van der Waals surface area (Å²) in [7, 11) is 1.81. The van der Waals surface area contributed by atoms with Crippen LogP contribution in [0.4, 0.5) is 0 Å². The standard InChI is InChI=1S/C19H22N4O2S/c1-12(18-13(2)26-14(3)20-18)23(4)17(24)11-10-16-21-22-19(25-16)15-8-6-5-7-9-15/h5-9,12H,10-11H2,1-4H3. The van der Waals surface area contributed by atoms with Gasteiger partial charge in [0, 0.05) is 30.3 Å². The Morgan fingerprint density at radius 1 is 1.23 bits per heavy atom. The first-order chi connectivity index (χ1) is 12.5. The van der Waals surface area contributed by atoms with E-state index in [4.69, 9.17) is 4.42 Å². The van der Waals surface area contributed by atoms with E-state index in [1.54, 1.807) is 16.2 Å². The van der Waals surface area contributed by atoms with E-state index >= 15 is 0 Å². The fourth-order valence-corrected chi connectivity index (χ4v) is 3.68. The molecule has 1 aromatic carbocycles. The molecule has 0 aliphatic carbocycles. The Labute approximate surface area is 156 Å². The van der Waals surface area contributed by atoms with Gasteiger partial charge in [0.1, 0.15) is 0 Å². The second kappa shape index (κ2) is 7.78. The summed E-state index contributed by atoms with van der Waals surface area (Å²) in [6.07, 6.45) is 0.740. The molecule has 7 heteroatoms. The van der Waals surface area contributed by atoms with E-state index in [2.05, 4.69) is 15.2 Å². The third-order valence-corrected chi connectivity index (χ3v) is 5.25. The van der Waals surface area contributed by atoms with Crippen molar-refractivity contribution < 1.29 is 9.21 Å². The number of carbonyl (C=O) groups is 1. The first kappa shape index (κ1) is 18.3. The van der Waals surface area contributed by atoms with Crippen LogP contribution in [-0.4, -0.2) is 33.0 Å². The van der Waals surface area contributed by atoms with Crippen molar-refractivity contribution >= 4 is 17.2 Å². The first-order valence-electron chi connectivity index (χ1n) is 8.53. The summed E-state index contributed by atoms with van der Waals surface area (Å²) in [4.78, 5) is 20.0. The second-order valence-corrected chi connectivity index (χ2v) is 7.63. The topological polar surface area (TPSA) is 72.1 Å². The summed E-state index contributed by atoms with van der Waals surface area (Å²) < 4.78 is 5.66. The van der Waals surface area contributed by atoms with Gasteiger partial charge in [-0.15, -0.1) is 21.5 Å². The molecule has 6 nitrogen and oxygen atoms in total. The Morgan fingerprint density at radius 3 is 2.62 bits per heavy atom. The molecule has 0 fully saturated rings. The van der Waals surface area contributed by atoms with Crippen LogP contribution in [0.2, 0.25) is 0 Å². The summed E-state index contributed by atoms with van der Waals surface area (Å²) in [5, 5.41) is 9.12. The summed E-state index contributed by atoms with van der Waals surface area (Å²) in [5.41, 5.74) is 1.84. The van der Waals surface area contributed by atoms with E-state index < -0.39 is 0 Å². The highest BCUT2D eigenvalue weighted by atomic mass is 32.1. The van der Waals surface area contributed by atoms with E-state index in [1.165, 1.54) is 0 Å². The van der Waals surface area contributed by atoms with Crippen molar-refractivity contribution in [2.45, 2.75) is 39.7 Å². The van der Waals surface area contributed by atoms with Crippen LogP contribution in [0, 0.1) is 13.8 Å². The first-order valence-corrected chi connectivity index (χ1v) is 9.34. The van der Waals surface area contributed by atoms with Crippen molar-refractivity contribution in [2.24, 2.45) is 0 Å². The minimum Gasteiger partial charge on any atom is -0.421 e. The molecule has 136 valence electrons. The quantitative estimate of drug-likeness (QED) is 0.657. The number of amides is 1. The monoisotopic (exact) mass is 370 g/mol. The van der Waals surface area contributed by atoms with E-state index in [-0.39, 0.29) is 11.9 Å². The molecular formula is C19H22N4O2S. The minimum atomic E-state index is -0.0602. The molecule has 0 N–H and O–H groups in total. The van der Waals surface area contributed by atoms with Crippen LogP contribution >= 0.6 is 11.3 Å². The lowest BCUT2D eigenvalue weighted by Gasteiger charge is -2.24. The van der Waals surface area contributed by atoms with Gasteiger partial charge in [0.15, 0.2) is 0 Å². The third kappa shape index (κ3) is 3.99. The largest absolute Gasteiger partial charge is 0.421 e. The van der Waals surface area contributed by atoms with Gasteiger partial charge in [0.05, 0.1) is 16.7 Å². The normalized spacial score (nSPS) is 12.2. The zero-order valence-corrected chi connectivity index (χ0v) is 16.2. The van der Waals surface area contributed by atoms with Crippen LogP contribution in [0.5, 0.6) is 0 Å². The van der Waals surface area contributed by atoms with Gasteiger partial charge in [-0.3, -0.25) is 4.79 Å². The molecule has 0 bridgehead atoms. The van der Waals surface area contributed by atoms with Gasteiger partial charge in [-0.1, -0.05) is 18.2 Å². The highest BCUT2D eigenvalue weighted by molar-refractivity contribution is 7.11. The summed E-state index contributed by atoms with van der Waals surface area (Å²) in [5.74, 6) is 0.976. The molecule has 0 aliphatic heterocycles. The number of rotatable bonds is 6. The lowest BCUT2D eigenvalue weighted by molar-refractivity contribution is -0.131. The Morgan fingerprint density at radius 2 is 1.96 bits per heavy atom. The van der Waals surface area contributed by atoms with Gasteiger partial charge < -0.3 is 9.32 Å². The molecule has 26 heavy (non-hydrogen) atoms. The Hall–Kier alpha value is -2.54. The van der Waals surface area contributed by atoms with Crippen molar-refractivity contribution in [1.29, 1.82) is 0 Å². The highest BCUT2D eigenvalue weighted by Crippen LogP contribution is 2.26. The molecule has 3 rings (SSSR count). The van der Waals surface area contributed by atoms with Gasteiger partial charge in [-0.2, -0.15) is 0 Å². The average molecular weight is 370 g/mol. The molecule has 0 saturated carbocycles. The number of hydrogen-bond donors (Lipinski definition) is 0. The lowest BCUT2D eigenvalue weighted by atomic mass is 10.1. The highest BCUT2D eigenvalue weighted by Gasteiger charge is 2.22. The van der Waals surface area contributed by atoms with Crippen molar-refractivity contribution in [3.05, 3.63) is 51.8 Å². The van der Waals surface area contributed by atoms with Crippen LogP contribution < -0.4 is 0 Å². The summed E-state index contributed by atoms with van der Waals surface area (Å²) in [6.45, 7) is 6.02. The van der Waals surface area contributed by atoms with Gasteiger partial charge in [-0.05, 0) is 32.9 Å². The maximum atomic E-state index is 12.5. The smallest absolute Gasteiger partial charge is 0.247 e. The average Bonchev–Trinajstić information content (AvgIpc) is 3.25. The van der Waals surface area contributed by atoms with Crippen LogP contribution in [0.15, 0.2) is 34.7 Å². The SMILES string of the molecule is Cc1nc(C(C)N(C)C(=O)CCc2nnc(-c3ccccc3)o2)c(C)s1. The number of carbonyl (C=O) groups excluding carboxylic acids is 1. The number of aryl methyl sites for hydroxylation is 3. The Kier molecular flexibility index (Phi) is 5.46. The molecule has 0 saturated heterocycles. The zero-order valence-electron chi connectivity index (χ0n) is 15.4. The van der Waals surface area contributed by atoms with Crippen molar-refractivity contribution in [3.63, 3.8) is 0 Å². The van der Waals surface area contributed by atoms with Gasteiger partial charge in [0.25, 0.3) is 0 Å². The molecule has 0 radical (unpaired) electrons. The lowest BCUT2D eigenvalue weighted by Crippen LogP contribution is -2.30. The number of hydrogen-bond acceptors (Lipinski definition) is 6. The fraction of sp³-hybridized carbons (Fsp3) is 0.368. The number of benzene rings is 1. The zero-order chi connectivity index (χ0) is 18.7. The molecule has 1 unspecified atom stereocenters. The van der Waals surface area contributed by atoms with Crippen LogP contribution in [-0.2, 0) is 11.2 Å². The molecule has 2 heterocycles. The molecule has 3 aromatic rings. The van der Waals surface area contributed by atoms with Gasteiger partial charge in [-0.25, -0.2) is 4.98 Å². The Bertz CT molecular complexity index is 888. The minimum absolute atomic E-state index is 0.0296. The maximum Gasteiger partial charge on any atom is 0.247 e. The van der Waals surface area contributed by atoms with E-state index in [9.17, 15) is 4.79 Å². The molecule has 0 aliphatic rings. The fourth-order valence-electron chi connectivity index (χ4n) is 2.77. The van der Waals surface area contributed by atoms with E-state index in [0.717, 1.165) is 21.1 Å². The third-order valence-electron chi connectivity index (χ3n) is 4.35. The van der Waals surface area contributed by atoms with Crippen LogP contribution in [0.3, 0.4) is 0 Å². The van der Waals surface area contributed by atoms with Crippen molar-refractivity contribution in [3.8, 4) is 11.5 Å². The van der Waals surface area contributed by atoms with Crippen molar-refractivity contribution in [2.75, 3.05) is 7.05 Å². The van der Waals surface area contributed by atoms with Crippen LogP contribution in [0.1, 0.15) is 40.9 Å². The van der Waals surface area contributed by atoms with Crippen molar-refractivity contribution in [1.82, 2.24) is 20.1 Å². The molecule has 1 atom stereocenters. The number of thiazole rings is 1. The van der Waals surface area contributed by atoms with Gasteiger partial charge in [0.2, 0.25) is 17.7 Å². The molecule has 1 amide bonds. The predicted octanol–water partition coefficient (Wildman–Crippen LogP) is 3.96. The predicted molar refractivity (Wildman–Crippen MR) is 101 cm³/mol. The number of aromatic nitrogens is 3. The molecule has 0 spiro atoms. The summed E-state index contributed by atoms with van der Waals surface area (Å²) in [6, 6.07) is 9.53. The molecular weight excluding hydrogens is 348 g/mol. The second-order valence-electron chi connectivity index (χ2n) is 6.22. The number of nitrogens with zero attached hydrogens (tertiary/aromatic N) is 4. The summed E-state index contributed by atoms with van der Waals surface area (Å²) >= 11 is 1.66. The Balaban J connectivity index is 1.60. The van der Waals surface area contributed by atoms with E-state index in [0.29, 0.717) is 24.6 Å². The maximum absolute atomic E-state index is 12.5. The van der Waals surface area contributed by atoms with E-state index in [1.807, 2.05) is 58.2 Å². The molecule has 2 aromatic heterocycles. The van der Waals surface area contributed by atoms with Crippen LogP contribution in [0.25, 0.3) is 11.5 Å². The van der Waals surface area contributed by atoms with Gasteiger partial charge >= 0.3 is 0 Å².